The van der Waals surface area contributed by atoms with Gasteiger partial charge in [0.15, 0.2) is 9.84 Å². The summed E-state index contributed by atoms with van der Waals surface area (Å²) in [6.45, 7) is 6.13. The second-order valence-electron chi connectivity index (χ2n) is 6.91. The van der Waals surface area contributed by atoms with Gasteiger partial charge in [0.1, 0.15) is 17.4 Å². The second kappa shape index (κ2) is 8.16. The van der Waals surface area contributed by atoms with Crippen molar-refractivity contribution in [3.8, 4) is 5.75 Å². The van der Waals surface area contributed by atoms with E-state index in [1.807, 2.05) is 26.8 Å². The summed E-state index contributed by atoms with van der Waals surface area (Å²) in [7, 11) is -3.48. The van der Waals surface area contributed by atoms with Crippen molar-refractivity contribution in [1.82, 2.24) is 0 Å². The van der Waals surface area contributed by atoms with E-state index in [0.717, 1.165) is 17.9 Å². The third-order valence-electron chi connectivity index (χ3n) is 4.27. The van der Waals surface area contributed by atoms with Crippen LogP contribution in [0.15, 0.2) is 41.3 Å². The summed E-state index contributed by atoms with van der Waals surface area (Å²) in [5, 5.41) is 0. The van der Waals surface area contributed by atoms with Gasteiger partial charge in [-0.25, -0.2) is 17.2 Å². The van der Waals surface area contributed by atoms with Gasteiger partial charge in [-0.15, -0.1) is 0 Å². The third kappa shape index (κ3) is 5.53. The van der Waals surface area contributed by atoms with Crippen LogP contribution in [0.2, 0.25) is 0 Å². The van der Waals surface area contributed by atoms with Gasteiger partial charge in [-0.1, -0.05) is 20.8 Å². The van der Waals surface area contributed by atoms with Crippen LogP contribution >= 0.6 is 0 Å². The molecule has 0 heterocycles. The zero-order valence-corrected chi connectivity index (χ0v) is 16.2. The Morgan fingerprint density at radius 3 is 2.15 bits per heavy atom. The molecule has 2 rings (SSSR count). The maximum absolute atomic E-state index is 13.7. The van der Waals surface area contributed by atoms with E-state index in [2.05, 4.69) is 0 Å². The van der Waals surface area contributed by atoms with Crippen LogP contribution in [0.1, 0.15) is 50.2 Å². The largest absolute Gasteiger partial charge is 0.493 e. The molecule has 2 aromatic rings. The van der Waals surface area contributed by atoms with Crippen molar-refractivity contribution < 1.29 is 21.9 Å². The number of sulfone groups is 1. The number of halogens is 2. The smallest absolute Gasteiger partial charge is 0.175 e. The van der Waals surface area contributed by atoms with Crippen molar-refractivity contribution in [3.05, 3.63) is 59.2 Å². The summed E-state index contributed by atoms with van der Waals surface area (Å²) in [6, 6.07) is 8.46. The molecule has 0 aromatic heterocycles. The number of ether oxygens (including phenoxy) is 1. The van der Waals surface area contributed by atoms with Crippen molar-refractivity contribution in [2.24, 2.45) is 0 Å². The lowest BCUT2D eigenvalue weighted by molar-refractivity contribution is 0.299. The molecule has 2 aromatic carbocycles. The van der Waals surface area contributed by atoms with Gasteiger partial charge in [-0.05, 0) is 59.7 Å². The van der Waals surface area contributed by atoms with Crippen molar-refractivity contribution >= 4 is 9.84 Å². The number of benzene rings is 2. The molecule has 1 atom stereocenters. The Labute approximate surface area is 153 Å². The summed E-state index contributed by atoms with van der Waals surface area (Å²) in [6.07, 6.45) is 1.59. The normalized spacial score (nSPS) is 13.0. The molecule has 0 fully saturated rings. The first-order chi connectivity index (χ1) is 12.1. The standard InChI is InChI=1S/C20H24F2O3S/c1-13(2)15-7-17(21)11-19(9-15)25-6-5-14(3)16-8-18(22)12-20(10-16)26(4,23)24/h7-14H,5-6H2,1-4H3. The van der Waals surface area contributed by atoms with Gasteiger partial charge in [0, 0.05) is 12.3 Å². The van der Waals surface area contributed by atoms with Crippen LogP contribution in [-0.2, 0) is 9.84 Å². The Kier molecular flexibility index (Phi) is 6.39. The molecule has 0 N–H and O–H groups in total. The molecular formula is C20H24F2O3S. The first-order valence-corrected chi connectivity index (χ1v) is 10.4. The van der Waals surface area contributed by atoms with Crippen LogP contribution in [0, 0.1) is 11.6 Å². The van der Waals surface area contributed by atoms with E-state index in [1.165, 1.54) is 24.3 Å². The molecule has 0 saturated carbocycles. The van der Waals surface area contributed by atoms with Gasteiger partial charge in [0.05, 0.1) is 11.5 Å². The van der Waals surface area contributed by atoms with E-state index >= 15 is 0 Å². The van der Waals surface area contributed by atoms with Crippen LogP contribution in [-0.4, -0.2) is 21.3 Å². The van der Waals surface area contributed by atoms with Crippen LogP contribution in [0.3, 0.4) is 0 Å². The minimum absolute atomic E-state index is 0.0352. The first kappa shape index (κ1) is 20.4. The van der Waals surface area contributed by atoms with Crippen molar-refractivity contribution in [2.75, 3.05) is 12.9 Å². The highest BCUT2D eigenvalue weighted by atomic mass is 32.2. The Morgan fingerprint density at radius 2 is 1.54 bits per heavy atom. The molecule has 0 amide bonds. The molecule has 0 spiro atoms. The average Bonchev–Trinajstić information content (AvgIpc) is 2.52. The lowest BCUT2D eigenvalue weighted by Gasteiger charge is -2.15. The molecule has 142 valence electrons. The highest BCUT2D eigenvalue weighted by Crippen LogP contribution is 2.26. The van der Waals surface area contributed by atoms with Crippen molar-refractivity contribution in [1.29, 1.82) is 0 Å². The summed E-state index contributed by atoms with van der Waals surface area (Å²) in [4.78, 5) is -0.0352. The van der Waals surface area contributed by atoms with Crippen LogP contribution in [0.5, 0.6) is 5.75 Å². The molecule has 0 aliphatic carbocycles. The fourth-order valence-electron chi connectivity index (χ4n) is 2.60. The Bertz CT molecular complexity index is 877. The van der Waals surface area contributed by atoms with E-state index in [0.29, 0.717) is 24.3 Å². The average molecular weight is 382 g/mol. The molecule has 1 unspecified atom stereocenters. The first-order valence-electron chi connectivity index (χ1n) is 8.50. The van der Waals surface area contributed by atoms with Crippen LogP contribution < -0.4 is 4.74 Å². The molecule has 0 bridgehead atoms. The molecule has 3 nitrogen and oxygen atoms in total. The lowest BCUT2D eigenvalue weighted by atomic mass is 9.98. The van der Waals surface area contributed by atoms with E-state index < -0.39 is 15.7 Å². The van der Waals surface area contributed by atoms with Crippen LogP contribution in [0.25, 0.3) is 0 Å². The summed E-state index contributed by atoms with van der Waals surface area (Å²) >= 11 is 0. The zero-order valence-electron chi connectivity index (χ0n) is 15.4. The predicted octanol–water partition coefficient (Wildman–Crippen LogP) is 5.06. The van der Waals surface area contributed by atoms with Crippen LogP contribution in [0.4, 0.5) is 8.78 Å². The fraction of sp³-hybridized carbons (Fsp3) is 0.400. The monoisotopic (exact) mass is 382 g/mol. The molecular weight excluding hydrogens is 358 g/mol. The van der Waals surface area contributed by atoms with Crippen molar-refractivity contribution in [2.45, 2.75) is 43.9 Å². The van der Waals surface area contributed by atoms with Gasteiger partial charge in [-0.2, -0.15) is 0 Å². The minimum Gasteiger partial charge on any atom is -0.493 e. The van der Waals surface area contributed by atoms with Gasteiger partial charge in [-0.3, -0.25) is 0 Å². The second-order valence-corrected chi connectivity index (χ2v) is 8.92. The molecule has 26 heavy (non-hydrogen) atoms. The summed E-state index contributed by atoms with van der Waals surface area (Å²) in [5.41, 5.74) is 1.45. The number of hydrogen-bond donors (Lipinski definition) is 0. The van der Waals surface area contributed by atoms with Gasteiger partial charge in [0.2, 0.25) is 0 Å². The Morgan fingerprint density at radius 1 is 0.923 bits per heavy atom. The van der Waals surface area contributed by atoms with Crippen molar-refractivity contribution in [3.63, 3.8) is 0 Å². The van der Waals surface area contributed by atoms with E-state index in [-0.39, 0.29) is 22.5 Å². The molecule has 0 radical (unpaired) electrons. The van der Waals surface area contributed by atoms with Gasteiger partial charge in [0.25, 0.3) is 0 Å². The topological polar surface area (TPSA) is 43.4 Å². The minimum atomic E-state index is -3.48. The summed E-state index contributed by atoms with van der Waals surface area (Å²) < 4.78 is 56.3. The molecule has 6 heteroatoms. The van der Waals surface area contributed by atoms with E-state index in [4.69, 9.17) is 4.74 Å². The highest BCUT2D eigenvalue weighted by Gasteiger charge is 2.14. The zero-order chi connectivity index (χ0) is 19.5. The quantitative estimate of drug-likeness (QED) is 0.672. The highest BCUT2D eigenvalue weighted by molar-refractivity contribution is 7.90. The van der Waals surface area contributed by atoms with Gasteiger partial charge < -0.3 is 4.74 Å². The predicted molar refractivity (Wildman–Crippen MR) is 98.5 cm³/mol. The Hall–Kier alpha value is -1.95. The number of hydrogen-bond acceptors (Lipinski definition) is 3. The molecule has 0 saturated heterocycles. The Balaban J connectivity index is 2.06. The number of rotatable bonds is 7. The lowest BCUT2D eigenvalue weighted by Crippen LogP contribution is -2.06. The van der Waals surface area contributed by atoms with E-state index in [1.54, 1.807) is 0 Å². The molecule has 0 aliphatic rings. The maximum Gasteiger partial charge on any atom is 0.175 e. The molecule has 0 aliphatic heterocycles. The van der Waals surface area contributed by atoms with Gasteiger partial charge >= 0.3 is 0 Å². The third-order valence-corrected chi connectivity index (χ3v) is 5.36. The summed E-state index contributed by atoms with van der Waals surface area (Å²) in [5.74, 6) is -0.389. The maximum atomic E-state index is 13.7. The fourth-order valence-corrected chi connectivity index (χ4v) is 3.28. The SMILES string of the molecule is CC(C)c1cc(F)cc(OCCC(C)c2cc(F)cc(S(C)(=O)=O)c2)c1. The van der Waals surface area contributed by atoms with E-state index in [9.17, 15) is 17.2 Å².